The summed E-state index contributed by atoms with van der Waals surface area (Å²) in [5.41, 5.74) is 13.9. The van der Waals surface area contributed by atoms with Gasteiger partial charge in [0.05, 0.1) is 6.04 Å². The number of aromatic hydroxyl groups is 1. The zero-order valence-corrected chi connectivity index (χ0v) is 25.6. The number of nitrogens with one attached hydrogen (secondary N) is 4. The van der Waals surface area contributed by atoms with Crippen LogP contribution in [0.3, 0.4) is 0 Å². The molecule has 0 radical (unpaired) electrons. The fourth-order valence-electron chi connectivity index (χ4n) is 4.76. The lowest BCUT2D eigenvalue weighted by Gasteiger charge is -2.25. The number of carboxylic acids is 1. The number of carbonyl (C=O) groups excluding carboxylic acids is 3. The van der Waals surface area contributed by atoms with Crippen molar-refractivity contribution in [3.63, 3.8) is 0 Å². The molecule has 1 aromatic heterocycles. The first-order chi connectivity index (χ1) is 21.1. The quantitative estimate of drug-likeness (QED) is 0.0957. The molecule has 238 valence electrons. The van der Waals surface area contributed by atoms with Crippen LogP contribution < -0.4 is 27.4 Å². The van der Waals surface area contributed by atoms with Crippen LogP contribution in [0.2, 0.25) is 0 Å². The Labute approximate surface area is 260 Å². The summed E-state index contributed by atoms with van der Waals surface area (Å²) in [5.74, 6) is -2.44. The van der Waals surface area contributed by atoms with Gasteiger partial charge in [-0.15, -0.1) is 0 Å². The van der Waals surface area contributed by atoms with Crippen LogP contribution in [0.1, 0.15) is 36.8 Å². The SMILES string of the molecule is CSCCC(NC(=O)C(Cc1c[nH]c2ccccc12)NC(=O)C(Cc1ccc(O)cc1)NC(=O)C(N)CCCCN)C(=O)O. The number of unbranched alkanes of at least 4 members (excludes halogenated alkanes) is 1. The van der Waals surface area contributed by atoms with Gasteiger partial charge in [-0.25, -0.2) is 4.79 Å². The molecule has 4 atom stereocenters. The van der Waals surface area contributed by atoms with Crippen LogP contribution in [-0.4, -0.2) is 81.6 Å². The number of aromatic amines is 1. The molecule has 4 unspecified atom stereocenters. The number of benzene rings is 2. The van der Waals surface area contributed by atoms with E-state index in [0.717, 1.165) is 16.5 Å². The van der Waals surface area contributed by atoms with Gasteiger partial charge >= 0.3 is 5.97 Å². The molecular formula is C31H42N6O6S. The first kappa shape index (κ1) is 34.4. The van der Waals surface area contributed by atoms with Crippen molar-refractivity contribution in [2.24, 2.45) is 11.5 Å². The average molecular weight is 627 g/mol. The predicted octanol–water partition coefficient (Wildman–Crippen LogP) is 1.41. The number of carboxylic acid groups (broad SMARTS) is 1. The highest BCUT2D eigenvalue weighted by Gasteiger charge is 2.31. The number of hydrogen-bond donors (Lipinski definition) is 8. The van der Waals surface area contributed by atoms with Gasteiger partial charge in [-0.3, -0.25) is 14.4 Å². The molecule has 0 aliphatic carbocycles. The smallest absolute Gasteiger partial charge is 0.326 e. The number of aromatic nitrogens is 1. The largest absolute Gasteiger partial charge is 0.508 e. The number of carbonyl (C=O) groups is 4. The van der Waals surface area contributed by atoms with Crippen molar-refractivity contribution in [2.45, 2.75) is 62.7 Å². The Balaban J connectivity index is 1.88. The van der Waals surface area contributed by atoms with Crippen molar-refractivity contribution in [2.75, 3.05) is 18.6 Å². The van der Waals surface area contributed by atoms with Crippen LogP contribution >= 0.6 is 11.8 Å². The molecule has 12 nitrogen and oxygen atoms in total. The van der Waals surface area contributed by atoms with Crippen molar-refractivity contribution in [1.29, 1.82) is 0 Å². The van der Waals surface area contributed by atoms with Crippen molar-refractivity contribution < 1.29 is 29.4 Å². The maximum atomic E-state index is 13.8. The molecule has 10 N–H and O–H groups in total. The number of amides is 3. The summed E-state index contributed by atoms with van der Waals surface area (Å²) in [6.45, 7) is 0.472. The van der Waals surface area contributed by atoms with Gasteiger partial charge in [-0.05, 0) is 67.1 Å². The summed E-state index contributed by atoms with van der Waals surface area (Å²) in [5, 5.41) is 28.3. The summed E-state index contributed by atoms with van der Waals surface area (Å²) >= 11 is 1.46. The zero-order chi connectivity index (χ0) is 32.1. The fraction of sp³-hybridized carbons (Fsp3) is 0.419. The number of rotatable bonds is 18. The molecule has 2 aromatic carbocycles. The van der Waals surface area contributed by atoms with Crippen LogP contribution in [0.15, 0.2) is 54.7 Å². The van der Waals surface area contributed by atoms with Gasteiger partial charge in [-0.1, -0.05) is 36.8 Å². The summed E-state index contributed by atoms with van der Waals surface area (Å²) < 4.78 is 0. The third-order valence-electron chi connectivity index (χ3n) is 7.27. The minimum absolute atomic E-state index is 0.0469. The second kappa shape index (κ2) is 17.3. The van der Waals surface area contributed by atoms with E-state index in [1.807, 2.05) is 30.5 Å². The summed E-state index contributed by atoms with van der Waals surface area (Å²) in [6.07, 6.45) is 5.65. The lowest BCUT2D eigenvalue weighted by atomic mass is 10.0. The van der Waals surface area contributed by atoms with E-state index in [1.165, 1.54) is 23.9 Å². The standard InChI is InChI=1S/C31H42N6O6S/c1-44-15-13-25(31(42)43)35-30(41)27(17-20-18-34-24-8-3-2-6-22(20)24)37-29(40)26(16-19-9-11-21(38)12-10-19)36-28(39)23(33)7-4-5-14-32/h2-3,6,8-12,18,23,25-27,34,38H,4-5,7,13-17,32-33H2,1H3,(H,35,41)(H,36,39)(H,37,40)(H,42,43). The van der Waals surface area contributed by atoms with Gasteiger partial charge in [0.15, 0.2) is 0 Å². The maximum Gasteiger partial charge on any atom is 0.326 e. The van der Waals surface area contributed by atoms with E-state index in [0.29, 0.717) is 37.1 Å². The topological polar surface area (TPSA) is 213 Å². The summed E-state index contributed by atoms with van der Waals surface area (Å²) in [7, 11) is 0. The van der Waals surface area contributed by atoms with Crippen LogP contribution in [0, 0.1) is 0 Å². The molecule has 0 aliphatic heterocycles. The third-order valence-corrected chi connectivity index (χ3v) is 7.92. The molecule has 0 saturated heterocycles. The Morgan fingerprint density at radius 3 is 2.16 bits per heavy atom. The van der Waals surface area contributed by atoms with Crippen LogP contribution in [0.25, 0.3) is 10.9 Å². The van der Waals surface area contributed by atoms with E-state index < -0.39 is 47.9 Å². The highest BCUT2D eigenvalue weighted by atomic mass is 32.2. The second-order valence-electron chi connectivity index (χ2n) is 10.6. The maximum absolute atomic E-state index is 13.8. The molecular weight excluding hydrogens is 584 g/mol. The Kier molecular flexibility index (Phi) is 13.5. The minimum Gasteiger partial charge on any atom is -0.508 e. The number of thioether (sulfide) groups is 1. The van der Waals surface area contributed by atoms with Gasteiger partial charge in [-0.2, -0.15) is 11.8 Å². The lowest BCUT2D eigenvalue weighted by molar-refractivity contribution is -0.142. The molecule has 13 heteroatoms. The van der Waals surface area contributed by atoms with E-state index in [4.69, 9.17) is 11.5 Å². The Morgan fingerprint density at radius 1 is 0.864 bits per heavy atom. The number of hydrogen-bond acceptors (Lipinski definition) is 8. The van der Waals surface area contributed by atoms with Crippen LogP contribution in [0.4, 0.5) is 0 Å². The zero-order valence-electron chi connectivity index (χ0n) is 24.8. The number of H-pyrrole nitrogens is 1. The first-order valence-corrected chi connectivity index (χ1v) is 15.9. The second-order valence-corrected chi connectivity index (χ2v) is 11.6. The normalized spacial score (nSPS) is 13.9. The van der Waals surface area contributed by atoms with Crippen LogP contribution in [0.5, 0.6) is 5.75 Å². The number of fused-ring (bicyclic) bond motifs is 1. The monoisotopic (exact) mass is 626 g/mol. The molecule has 0 aliphatic rings. The van der Waals surface area contributed by atoms with Crippen molar-refractivity contribution in [3.8, 4) is 5.75 Å². The van der Waals surface area contributed by atoms with E-state index in [-0.39, 0.29) is 25.0 Å². The van der Waals surface area contributed by atoms with Gasteiger partial charge in [0.1, 0.15) is 23.9 Å². The number of para-hydroxylation sites is 1. The molecule has 0 bridgehead atoms. The number of phenols is 1. The molecule has 0 saturated carbocycles. The molecule has 44 heavy (non-hydrogen) atoms. The Hall–Kier alpha value is -4.07. The Bertz CT molecular complexity index is 1400. The molecule has 0 fully saturated rings. The Morgan fingerprint density at radius 2 is 1.50 bits per heavy atom. The molecule has 3 rings (SSSR count). The number of aliphatic carboxylic acids is 1. The lowest BCUT2D eigenvalue weighted by Crippen LogP contribution is -2.58. The average Bonchev–Trinajstić information content (AvgIpc) is 3.42. The molecule has 3 aromatic rings. The highest BCUT2D eigenvalue weighted by Crippen LogP contribution is 2.20. The molecule has 3 amide bonds. The first-order valence-electron chi connectivity index (χ1n) is 14.5. The summed E-state index contributed by atoms with van der Waals surface area (Å²) in [4.78, 5) is 55.4. The van der Waals surface area contributed by atoms with E-state index in [1.54, 1.807) is 18.3 Å². The van der Waals surface area contributed by atoms with E-state index in [2.05, 4.69) is 20.9 Å². The van der Waals surface area contributed by atoms with Crippen molar-refractivity contribution in [3.05, 3.63) is 65.9 Å². The molecule has 0 spiro atoms. The van der Waals surface area contributed by atoms with Crippen molar-refractivity contribution >= 4 is 46.4 Å². The van der Waals surface area contributed by atoms with E-state index >= 15 is 0 Å². The molecule has 1 heterocycles. The van der Waals surface area contributed by atoms with Gasteiger partial charge in [0, 0.05) is 29.9 Å². The highest BCUT2D eigenvalue weighted by molar-refractivity contribution is 7.98. The number of nitrogens with two attached hydrogens (primary N) is 2. The van der Waals surface area contributed by atoms with Crippen molar-refractivity contribution in [1.82, 2.24) is 20.9 Å². The third kappa shape index (κ3) is 10.3. The van der Waals surface area contributed by atoms with Crippen LogP contribution in [-0.2, 0) is 32.0 Å². The predicted molar refractivity (Wildman–Crippen MR) is 171 cm³/mol. The van der Waals surface area contributed by atoms with Gasteiger partial charge in [0.2, 0.25) is 17.7 Å². The minimum atomic E-state index is -1.18. The summed E-state index contributed by atoms with van der Waals surface area (Å²) in [6, 6.07) is 9.41. The number of phenolic OH excluding ortho intramolecular Hbond substituents is 1. The van der Waals surface area contributed by atoms with Gasteiger partial charge < -0.3 is 42.6 Å². The van der Waals surface area contributed by atoms with Gasteiger partial charge in [0.25, 0.3) is 0 Å². The van der Waals surface area contributed by atoms with E-state index in [9.17, 15) is 29.4 Å². The fourth-order valence-corrected chi connectivity index (χ4v) is 5.23.